The maximum atomic E-state index is 11.8. The van der Waals surface area contributed by atoms with E-state index in [4.69, 9.17) is 21.7 Å². The highest BCUT2D eigenvalue weighted by atomic mass is 32.1. The number of methoxy groups -OCH3 is 1. The summed E-state index contributed by atoms with van der Waals surface area (Å²) in [6.45, 7) is 2.13. The van der Waals surface area contributed by atoms with Crippen molar-refractivity contribution < 1.29 is 14.3 Å². The van der Waals surface area contributed by atoms with Gasteiger partial charge in [-0.15, -0.1) is 0 Å². The molecule has 8 heteroatoms. The molecule has 2 fully saturated rings. The first kappa shape index (κ1) is 19.8. The van der Waals surface area contributed by atoms with Gasteiger partial charge in [-0.1, -0.05) is 6.07 Å². The number of nitrogens with one attached hydrogen (secondary N) is 1. The second-order valence-electron chi connectivity index (χ2n) is 7.37. The number of ether oxygens (including phenoxy) is 2. The van der Waals surface area contributed by atoms with Crippen molar-refractivity contribution in [2.24, 2.45) is 0 Å². The average Bonchev–Trinajstić information content (AvgIpc) is 3.48. The van der Waals surface area contributed by atoms with Crippen LogP contribution < -0.4 is 5.32 Å². The lowest BCUT2D eigenvalue weighted by molar-refractivity contribution is -0.140. The second-order valence-corrected chi connectivity index (χ2v) is 7.75. The van der Waals surface area contributed by atoms with Crippen LogP contribution in [0, 0.1) is 0 Å². The maximum Gasteiger partial charge on any atom is 0.307 e. The topological polar surface area (TPSA) is 68.6 Å². The summed E-state index contributed by atoms with van der Waals surface area (Å²) in [5.41, 5.74) is 2.05. The molecule has 0 radical (unpaired) electrons. The van der Waals surface area contributed by atoms with Gasteiger partial charge in [0.2, 0.25) is 0 Å². The van der Waals surface area contributed by atoms with Crippen LogP contribution in [0.15, 0.2) is 42.7 Å². The van der Waals surface area contributed by atoms with Crippen molar-refractivity contribution in [1.82, 2.24) is 19.8 Å². The molecule has 29 heavy (non-hydrogen) atoms. The first-order valence-corrected chi connectivity index (χ1v) is 10.4. The van der Waals surface area contributed by atoms with Crippen molar-refractivity contribution in [3.8, 4) is 0 Å². The summed E-state index contributed by atoms with van der Waals surface area (Å²) in [6.07, 6.45) is 6.58. The van der Waals surface area contributed by atoms with Gasteiger partial charge in [0.25, 0.3) is 0 Å². The van der Waals surface area contributed by atoms with E-state index in [-0.39, 0.29) is 30.6 Å². The fraction of sp³-hybridized carbons (Fsp3) is 0.476. The Balaban J connectivity index is 1.65. The summed E-state index contributed by atoms with van der Waals surface area (Å²) in [6, 6.07) is 9.89. The van der Waals surface area contributed by atoms with E-state index in [0.29, 0.717) is 11.7 Å². The lowest BCUT2D eigenvalue weighted by Gasteiger charge is -2.29. The van der Waals surface area contributed by atoms with Crippen molar-refractivity contribution in [3.63, 3.8) is 0 Å². The number of hydrogen-bond acceptors (Lipinski definition) is 5. The molecule has 7 nitrogen and oxygen atoms in total. The van der Waals surface area contributed by atoms with E-state index in [1.54, 1.807) is 6.20 Å². The highest BCUT2D eigenvalue weighted by Crippen LogP contribution is 2.39. The van der Waals surface area contributed by atoms with Gasteiger partial charge < -0.3 is 24.3 Å². The number of rotatable bonds is 7. The largest absolute Gasteiger partial charge is 0.469 e. The van der Waals surface area contributed by atoms with Crippen molar-refractivity contribution in [3.05, 3.63) is 54.1 Å². The summed E-state index contributed by atoms with van der Waals surface area (Å²) in [4.78, 5) is 18.4. The molecule has 4 heterocycles. The Hall–Kier alpha value is -2.45. The van der Waals surface area contributed by atoms with E-state index >= 15 is 0 Å². The number of carbonyl (C=O) groups excluding carboxylic acids is 1. The van der Waals surface area contributed by atoms with Crippen molar-refractivity contribution >= 4 is 23.3 Å². The molecule has 3 atom stereocenters. The molecule has 0 amide bonds. The first-order valence-electron chi connectivity index (χ1n) is 9.99. The summed E-state index contributed by atoms with van der Waals surface area (Å²) in [5.74, 6) is -0.248. The molecular formula is C21H26N4O3S. The zero-order valence-electron chi connectivity index (χ0n) is 16.5. The van der Waals surface area contributed by atoms with Crippen LogP contribution in [0.25, 0.3) is 0 Å². The van der Waals surface area contributed by atoms with Crippen LogP contribution in [-0.2, 0) is 20.8 Å². The molecule has 0 aliphatic carbocycles. The molecule has 154 valence electrons. The number of aromatic nitrogens is 2. The zero-order chi connectivity index (χ0) is 20.2. The normalized spacial score (nSPS) is 24.0. The minimum atomic E-state index is -0.248. The lowest BCUT2D eigenvalue weighted by atomic mass is 10.0. The van der Waals surface area contributed by atoms with Crippen molar-refractivity contribution in [1.29, 1.82) is 0 Å². The molecule has 2 aliphatic rings. The monoisotopic (exact) mass is 414 g/mol. The molecule has 1 N–H and O–H groups in total. The molecule has 2 aromatic rings. The maximum absolute atomic E-state index is 11.8. The van der Waals surface area contributed by atoms with E-state index in [2.05, 4.69) is 38.1 Å². The van der Waals surface area contributed by atoms with Crippen LogP contribution in [-0.4, -0.2) is 51.9 Å². The number of hydrogen-bond donors (Lipinski definition) is 1. The standard InChI is InChI=1S/C21H26N4O3S/c1-27-18(26)9-12-25-20(19(23-21(25)29)16-7-2-3-10-22-16)17-8-4-11-24(17)14-15-6-5-13-28-15/h2-4,7-8,10-11,15,19-20H,5-6,9,12-14H2,1H3,(H,23,29)/t15-,19+,20+/m0/s1. The second kappa shape index (κ2) is 8.92. The van der Waals surface area contributed by atoms with Crippen LogP contribution in [0.2, 0.25) is 0 Å². The third-order valence-corrected chi connectivity index (χ3v) is 5.93. The summed E-state index contributed by atoms with van der Waals surface area (Å²) < 4.78 is 12.9. The third-order valence-electron chi connectivity index (χ3n) is 5.57. The molecule has 0 bridgehead atoms. The van der Waals surface area contributed by atoms with E-state index in [1.807, 2.05) is 18.2 Å². The minimum absolute atomic E-state index is 0.0709. The summed E-state index contributed by atoms with van der Waals surface area (Å²) in [7, 11) is 1.41. The number of carbonyl (C=O) groups is 1. The van der Waals surface area contributed by atoms with Crippen LogP contribution in [0.5, 0.6) is 0 Å². The molecule has 0 saturated carbocycles. The minimum Gasteiger partial charge on any atom is -0.469 e. The molecule has 2 saturated heterocycles. The van der Waals surface area contributed by atoms with E-state index in [9.17, 15) is 4.79 Å². The van der Waals surface area contributed by atoms with Gasteiger partial charge in [0.15, 0.2) is 5.11 Å². The Kier molecular flexibility index (Phi) is 6.10. The van der Waals surface area contributed by atoms with Crippen LogP contribution >= 0.6 is 12.2 Å². The van der Waals surface area contributed by atoms with E-state index in [0.717, 1.165) is 37.4 Å². The smallest absolute Gasteiger partial charge is 0.307 e. The van der Waals surface area contributed by atoms with Crippen LogP contribution in [0.3, 0.4) is 0 Å². The van der Waals surface area contributed by atoms with Gasteiger partial charge in [-0.05, 0) is 49.3 Å². The Labute approximate surface area is 176 Å². The predicted octanol–water partition coefficient (Wildman–Crippen LogP) is 2.60. The van der Waals surface area contributed by atoms with Gasteiger partial charge in [-0.2, -0.15) is 0 Å². The quantitative estimate of drug-likeness (QED) is 0.552. The Morgan fingerprint density at radius 2 is 2.28 bits per heavy atom. The van der Waals surface area contributed by atoms with Crippen LogP contribution in [0.4, 0.5) is 0 Å². The summed E-state index contributed by atoms with van der Waals surface area (Å²) in [5, 5.41) is 4.04. The summed E-state index contributed by atoms with van der Waals surface area (Å²) >= 11 is 5.64. The SMILES string of the molecule is COC(=O)CCN1C(=S)N[C@H](c2ccccn2)[C@H]1c1cccn1C[C@@H]1CCCO1. The van der Waals surface area contributed by atoms with Gasteiger partial charge in [-0.25, -0.2) is 0 Å². The van der Waals surface area contributed by atoms with Crippen molar-refractivity contribution in [2.45, 2.75) is 44.0 Å². The van der Waals surface area contributed by atoms with Crippen LogP contribution in [0.1, 0.15) is 42.7 Å². The third kappa shape index (κ3) is 4.28. The van der Waals surface area contributed by atoms with E-state index in [1.165, 1.54) is 7.11 Å². The molecule has 2 aliphatic heterocycles. The predicted molar refractivity (Wildman–Crippen MR) is 112 cm³/mol. The first-order chi connectivity index (χ1) is 14.2. The van der Waals surface area contributed by atoms with Gasteiger partial charge in [0, 0.05) is 37.8 Å². The zero-order valence-corrected chi connectivity index (χ0v) is 17.3. The molecule has 2 aromatic heterocycles. The fourth-order valence-corrected chi connectivity index (χ4v) is 4.48. The van der Waals surface area contributed by atoms with Gasteiger partial charge in [0.1, 0.15) is 0 Å². The molecule has 0 spiro atoms. The number of nitrogens with zero attached hydrogens (tertiary/aromatic N) is 3. The molecular weight excluding hydrogens is 388 g/mol. The Morgan fingerprint density at radius 3 is 3.00 bits per heavy atom. The van der Waals surface area contributed by atoms with Gasteiger partial charge in [-0.3, -0.25) is 9.78 Å². The van der Waals surface area contributed by atoms with E-state index < -0.39 is 0 Å². The average molecular weight is 415 g/mol. The molecule has 4 rings (SSSR count). The Bertz CT molecular complexity index is 851. The van der Waals surface area contributed by atoms with Gasteiger partial charge in [0.05, 0.1) is 37.4 Å². The number of esters is 1. The van der Waals surface area contributed by atoms with Crippen molar-refractivity contribution in [2.75, 3.05) is 20.3 Å². The highest BCUT2D eigenvalue weighted by Gasteiger charge is 2.41. The number of thiocarbonyl (C=S) groups is 1. The Morgan fingerprint density at radius 1 is 1.38 bits per heavy atom. The fourth-order valence-electron chi connectivity index (χ4n) is 4.15. The number of pyridine rings is 1. The molecule has 0 unspecified atom stereocenters. The van der Waals surface area contributed by atoms with Gasteiger partial charge >= 0.3 is 5.97 Å². The highest BCUT2D eigenvalue weighted by molar-refractivity contribution is 7.80. The lowest BCUT2D eigenvalue weighted by Crippen LogP contribution is -2.33. The molecule has 0 aromatic carbocycles.